The number of nitrogens with zero attached hydrogens (tertiary/aromatic N) is 1. The Bertz CT molecular complexity index is 371. The Morgan fingerprint density at radius 1 is 1.40 bits per heavy atom. The van der Waals surface area contributed by atoms with Crippen LogP contribution in [0.1, 0.15) is 47.5 Å². The molecule has 20 heavy (non-hydrogen) atoms. The van der Waals surface area contributed by atoms with E-state index in [9.17, 15) is 4.79 Å². The molecule has 0 amide bonds. The fraction of sp³-hybridized carbons (Fsp3) is 0.824. The molecule has 0 aromatic heterocycles. The van der Waals surface area contributed by atoms with E-state index < -0.39 is 0 Å². The molecule has 0 saturated carbocycles. The van der Waals surface area contributed by atoms with Crippen LogP contribution in [0.3, 0.4) is 0 Å². The maximum Gasteiger partial charge on any atom is 0.138 e. The van der Waals surface area contributed by atoms with E-state index in [0.717, 1.165) is 32.7 Å². The number of hydrogen-bond donors (Lipinski definition) is 0. The number of hydrogen-bond acceptors (Lipinski definition) is 3. The van der Waals surface area contributed by atoms with Crippen molar-refractivity contribution in [2.75, 3.05) is 26.2 Å². The van der Waals surface area contributed by atoms with Crippen molar-refractivity contribution in [1.29, 1.82) is 0 Å². The lowest BCUT2D eigenvalue weighted by molar-refractivity contribution is -0.127. The molecule has 0 bridgehead atoms. The van der Waals surface area contributed by atoms with E-state index >= 15 is 0 Å². The molecule has 0 aliphatic carbocycles. The van der Waals surface area contributed by atoms with Gasteiger partial charge in [0.05, 0.1) is 19.3 Å². The summed E-state index contributed by atoms with van der Waals surface area (Å²) in [6.07, 6.45) is 1.61. The lowest BCUT2D eigenvalue weighted by Gasteiger charge is -2.32. The first-order valence-corrected chi connectivity index (χ1v) is 7.64. The van der Waals surface area contributed by atoms with Gasteiger partial charge in [-0.3, -0.25) is 9.69 Å². The summed E-state index contributed by atoms with van der Waals surface area (Å²) in [5.74, 6) is 7.15. The predicted octanol–water partition coefficient (Wildman–Crippen LogP) is 2.74. The number of carbonyl (C=O) groups is 1. The first kappa shape index (κ1) is 17.2. The van der Waals surface area contributed by atoms with Crippen LogP contribution in [0, 0.1) is 23.2 Å². The van der Waals surface area contributed by atoms with Gasteiger partial charge in [0.2, 0.25) is 0 Å². The molecule has 0 N–H and O–H groups in total. The molecule has 114 valence electrons. The second-order valence-electron chi connectivity index (χ2n) is 6.92. The summed E-state index contributed by atoms with van der Waals surface area (Å²) in [6.45, 7) is 13.5. The SMILES string of the molecule is CC(C)C#CCN1CCO[C@H](CCC(=O)C(C)(C)C)C1. The Morgan fingerprint density at radius 3 is 2.70 bits per heavy atom. The molecule has 1 aliphatic heterocycles. The predicted molar refractivity (Wildman–Crippen MR) is 82.5 cm³/mol. The number of Topliss-reactive ketones (excluding diaryl/α,β-unsaturated/α-hetero) is 1. The highest BCUT2D eigenvalue weighted by Crippen LogP contribution is 2.20. The highest BCUT2D eigenvalue weighted by Gasteiger charge is 2.24. The number of carbonyl (C=O) groups excluding carboxylic acids is 1. The lowest BCUT2D eigenvalue weighted by atomic mass is 9.87. The molecular formula is C17H29NO2. The second kappa shape index (κ2) is 7.81. The van der Waals surface area contributed by atoms with Crippen molar-refractivity contribution in [3.05, 3.63) is 0 Å². The van der Waals surface area contributed by atoms with E-state index in [4.69, 9.17) is 4.74 Å². The molecule has 1 aliphatic rings. The first-order chi connectivity index (χ1) is 9.29. The van der Waals surface area contributed by atoms with Crippen molar-refractivity contribution in [3.8, 4) is 11.8 Å². The third kappa shape index (κ3) is 6.54. The van der Waals surface area contributed by atoms with Gasteiger partial charge in [0.15, 0.2) is 0 Å². The van der Waals surface area contributed by atoms with Crippen LogP contribution in [0.2, 0.25) is 0 Å². The van der Waals surface area contributed by atoms with Crippen LogP contribution in [-0.2, 0) is 9.53 Å². The van der Waals surface area contributed by atoms with Crippen LogP contribution in [0.4, 0.5) is 0 Å². The van der Waals surface area contributed by atoms with Crippen molar-refractivity contribution in [2.45, 2.75) is 53.6 Å². The molecule has 1 rings (SSSR count). The molecule has 3 nitrogen and oxygen atoms in total. The zero-order chi connectivity index (χ0) is 15.2. The molecule has 0 spiro atoms. The lowest BCUT2D eigenvalue weighted by Crippen LogP contribution is -2.42. The van der Waals surface area contributed by atoms with Gasteiger partial charge in [-0.05, 0) is 6.42 Å². The van der Waals surface area contributed by atoms with Gasteiger partial charge in [0.1, 0.15) is 5.78 Å². The minimum absolute atomic E-state index is 0.177. The summed E-state index contributed by atoms with van der Waals surface area (Å²) < 4.78 is 5.76. The topological polar surface area (TPSA) is 29.5 Å². The maximum atomic E-state index is 11.9. The Hall–Kier alpha value is -0.850. The van der Waals surface area contributed by atoms with E-state index in [2.05, 4.69) is 30.6 Å². The van der Waals surface area contributed by atoms with E-state index in [1.165, 1.54) is 0 Å². The number of rotatable bonds is 4. The summed E-state index contributed by atoms with van der Waals surface area (Å²) in [4.78, 5) is 14.3. The van der Waals surface area contributed by atoms with E-state index in [0.29, 0.717) is 18.1 Å². The van der Waals surface area contributed by atoms with Crippen molar-refractivity contribution in [3.63, 3.8) is 0 Å². The fourth-order valence-corrected chi connectivity index (χ4v) is 2.13. The van der Waals surface area contributed by atoms with Crippen LogP contribution in [0.25, 0.3) is 0 Å². The smallest absolute Gasteiger partial charge is 0.138 e. The van der Waals surface area contributed by atoms with Gasteiger partial charge in [0, 0.05) is 30.8 Å². The minimum atomic E-state index is -0.239. The monoisotopic (exact) mass is 279 g/mol. The van der Waals surface area contributed by atoms with Crippen LogP contribution < -0.4 is 0 Å². The van der Waals surface area contributed by atoms with E-state index in [1.54, 1.807) is 0 Å². The maximum absolute atomic E-state index is 11.9. The van der Waals surface area contributed by atoms with Gasteiger partial charge < -0.3 is 4.74 Å². The van der Waals surface area contributed by atoms with E-state index in [1.807, 2.05) is 20.8 Å². The molecule has 1 fully saturated rings. The molecule has 1 heterocycles. The third-order valence-corrected chi connectivity index (χ3v) is 3.45. The molecule has 0 aromatic rings. The van der Waals surface area contributed by atoms with Crippen molar-refractivity contribution in [1.82, 2.24) is 4.90 Å². The zero-order valence-corrected chi connectivity index (χ0v) is 13.7. The highest BCUT2D eigenvalue weighted by atomic mass is 16.5. The van der Waals surface area contributed by atoms with Gasteiger partial charge in [-0.2, -0.15) is 0 Å². The fourth-order valence-electron chi connectivity index (χ4n) is 2.13. The molecule has 0 aromatic carbocycles. The molecule has 0 radical (unpaired) electrons. The second-order valence-corrected chi connectivity index (χ2v) is 6.92. The number of ketones is 1. The normalized spacial score (nSPS) is 20.6. The average Bonchev–Trinajstić information content (AvgIpc) is 2.35. The van der Waals surface area contributed by atoms with Crippen LogP contribution in [0.5, 0.6) is 0 Å². The number of morpholine rings is 1. The van der Waals surface area contributed by atoms with Crippen LogP contribution in [0.15, 0.2) is 0 Å². The molecular weight excluding hydrogens is 250 g/mol. The Morgan fingerprint density at radius 2 is 2.10 bits per heavy atom. The minimum Gasteiger partial charge on any atom is -0.376 e. The van der Waals surface area contributed by atoms with Crippen LogP contribution in [-0.4, -0.2) is 43.0 Å². The van der Waals surface area contributed by atoms with Gasteiger partial charge in [-0.15, -0.1) is 0 Å². The van der Waals surface area contributed by atoms with E-state index in [-0.39, 0.29) is 11.5 Å². The summed E-state index contributed by atoms with van der Waals surface area (Å²) >= 11 is 0. The first-order valence-electron chi connectivity index (χ1n) is 7.64. The van der Waals surface area contributed by atoms with Gasteiger partial charge in [-0.25, -0.2) is 0 Å². The Kier molecular flexibility index (Phi) is 6.71. The van der Waals surface area contributed by atoms with Gasteiger partial charge in [0.25, 0.3) is 0 Å². The highest BCUT2D eigenvalue weighted by molar-refractivity contribution is 5.83. The van der Waals surface area contributed by atoms with Crippen molar-refractivity contribution in [2.24, 2.45) is 11.3 Å². The van der Waals surface area contributed by atoms with Crippen molar-refractivity contribution >= 4 is 5.78 Å². The Labute approximate surface area is 124 Å². The summed E-state index contributed by atoms with van der Waals surface area (Å²) in [7, 11) is 0. The number of ether oxygens (including phenoxy) is 1. The quantitative estimate of drug-likeness (QED) is 0.741. The average molecular weight is 279 g/mol. The molecule has 1 atom stereocenters. The molecule has 1 saturated heterocycles. The third-order valence-electron chi connectivity index (χ3n) is 3.45. The van der Waals surface area contributed by atoms with Gasteiger partial charge in [-0.1, -0.05) is 46.5 Å². The summed E-state index contributed by atoms with van der Waals surface area (Å²) in [6, 6.07) is 0. The largest absolute Gasteiger partial charge is 0.376 e. The Balaban J connectivity index is 2.35. The zero-order valence-electron chi connectivity index (χ0n) is 13.7. The van der Waals surface area contributed by atoms with Gasteiger partial charge >= 0.3 is 0 Å². The molecule has 0 unspecified atom stereocenters. The standard InChI is InChI=1S/C17H29NO2/c1-14(2)7-6-10-18-11-12-20-15(13-18)8-9-16(19)17(3,4)5/h14-15H,8-13H2,1-5H3/t15-/m1/s1. The summed E-state index contributed by atoms with van der Waals surface area (Å²) in [5, 5.41) is 0. The van der Waals surface area contributed by atoms with Crippen LogP contribution >= 0.6 is 0 Å². The molecule has 3 heteroatoms. The van der Waals surface area contributed by atoms with Crippen molar-refractivity contribution < 1.29 is 9.53 Å². The summed E-state index contributed by atoms with van der Waals surface area (Å²) in [5.41, 5.74) is -0.239.